The van der Waals surface area contributed by atoms with Crippen molar-refractivity contribution in [3.63, 3.8) is 0 Å². The van der Waals surface area contributed by atoms with Gasteiger partial charge in [0.25, 0.3) is 0 Å². The van der Waals surface area contributed by atoms with Crippen molar-refractivity contribution in [3.05, 3.63) is 88.0 Å². The molecule has 0 bridgehead atoms. The fourth-order valence-corrected chi connectivity index (χ4v) is 8.28. The van der Waals surface area contributed by atoms with E-state index in [1.807, 2.05) is 6.07 Å². The van der Waals surface area contributed by atoms with E-state index in [4.69, 9.17) is 20.5 Å². The predicted molar refractivity (Wildman–Crippen MR) is 128 cm³/mol. The molecule has 0 fully saturated rings. The largest absolute Gasteiger partial charge is 0.508 e. The first-order valence-corrected chi connectivity index (χ1v) is 13.1. The third kappa shape index (κ3) is 3.65. The summed E-state index contributed by atoms with van der Waals surface area (Å²) in [6.07, 6.45) is 0. The maximum atomic E-state index is 6.98. The summed E-state index contributed by atoms with van der Waals surface area (Å²) in [5.41, 5.74) is 7.25. The molecule has 0 spiro atoms. The van der Waals surface area contributed by atoms with Crippen LogP contribution in [-0.2, 0) is 0 Å². The van der Waals surface area contributed by atoms with E-state index in [9.17, 15) is 0 Å². The van der Waals surface area contributed by atoms with Crippen molar-refractivity contribution in [1.82, 2.24) is 0 Å². The predicted octanol–water partition coefficient (Wildman–Crippen LogP) is 6.43. The first-order chi connectivity index (χ1) is 14.3. The zero-order chi connectivity index (χ0) is 21.5. The number of hydrogen-bond donors (Lipinski definition) is 0. The van der Waals surface area contributed by atoms with Crippen molar-refractivity contribution in [2.75, 3.05) is 5.88 Å². The van der Waals surface area contributed by atoms with Crippen molar-refractivity contribution in [2.45, 2.75) is 46.6 Å². The van der Waals surface area contributed by atoms with E-state index in [1.165, 1.54) is 22.3 Å². The molecular formula is C26H29ClO2Si. The topological polar surface area (TPSA) is 18.5 Å². The summed E-state index contributed by atoms with van der Waals surface area (Å²) in [5.74, 6) is 2.57. The Morgan fingerprint density at radius 1 is 0.800 bits per heavy atom. The lowest BCUT2D eigenvalue weighted by atomic mass is 9.87. The van der Waals surface area contributed by atoms with Crippen LogP contribution in [0.2, 0.25) is 6.04 Å². The molecule has 3 aromatic rings. The third-order valence-corrected chi connectivity index (χ3v) is 9.69. The first-order valence-electron chi connectivity index (χ1n) is 10.6. The van der Waals surface area contributed by atoms with Gasteiger partial charge < -0.3 is 8.85 Å². The zero-order valence-electron chi connectivity index (χ0n) is 18.4. The second-order valence-corrected chi connectivity index (χ2v) is 11.9. The molecule has 0 unspecified atom stereocenters. The number of hydrogen-bond acceptors (Lipinski definition) is 2. The van der Waals surface area contributed by atoms with E-state index < -0.39 is 8.56 Å². The fraction of sp³-hybridized carbons (Fsp3) is 0.308. The minimum atomic E-state index is -2.90. The van der Waals surface area contributed by atoms with Crippen molar-refractivity contribution < 1.29 is 8.85 Å². The van der Waals surface area contributed by atoms with Gasteiger partial charge in [0.2, 0.25) is 0 Å². The normalized spacial score (nSPS) is 20.3. The zero-order valence-corrected chi connectivity index (χ0v) is 20.1. The highest BCUT2D eigenvalue weighted by molar-refractivity contribution is 6.82. The van der Waals surface area contributed by atoms with Gasteiger partial charge in [-0.25, -0.2) is 0 Å². The van der Waals surface area contributed by atoms with E-state index in [0.717, 1.165) is 27.8 Å². The number of aryl methyl sites for hydroxylation is 4. The van der Waals surface area contributed by atoms with Gasteiger partial charge in [-0.15, -0.1) is 11.6 Å². The van der Waals surface area contributed by atoms with Crippen molar-refractivity contribution in [1.29, 1.82) is 0 Å². The Kier molecular flexibility index (Phi) is 5.69. The summed E-state index contributed by atoms with van der Waals surface area (Å²) in [5, 5.41) is 1.11. The second kappa shape index (κ2) is 8.13. The summed E-state index contributed by atoms with van der Waals surface area (Å²) in [4.78, 5) is 0. The van der Waals surface area contributed by atoms with E-state index in [1.54, 1.807) is 0 Å². The molecule has 1 aliphatic rings. The number of benzene rings is 3. The van der Waals surface area contributed by atoms with Crippen LogP contribution in [0, 0.1) is 27.7 Å². The molecule has 0 radical (unpaired) electrons. The minimum absolute atomic E-state index is 0.172. The fourth-order valence-electron chi connectivity index (χ4n) is 4.60. The van der Waals surface area contributed by atoms with Gasteiger partial charge in [0, 0.05) is 34.2 Å². The highest BCUT2D eigenvalue weighted by Gasteiger charge is 2.47. The van der Waals surface area contributed by atoms with Gasteiger partial charge in [0.1, 0.15) is 11.5 Å². The average molecular weight is 437 g/mol. The molecule has 0 aromatic heterocycles. The SMILES string of the molecule is Cc1cc(C)c2c(c1)C(C)c1cc(C)cc(C)c1O[Si](CCCl)(c1ccccc1)O2. The molecule has 156 valence electrons. The summed E-state index contributed by atoms with van der Waals surface area (Å²) in [6.45, 7) is 10.8. The van der Waals surface area contributed by atoms with Gasteiger partial charge in [-0.3, -0.25) is 0 Å². The molecule has 0 atom stereocenters. The van der Waals surface area contributed by atoms with Gasteiger partial charge in [-0.1, -0.05) is 72.6 Å². The van der Waals surface area contributed by atoms with Crippen LogP contribution >= 0.6 is 11.6 Å². The Balaban J connectivity index is 2.06. The van der Waals surface area contributed by atoms with Crippen LogP contribution in [-0.4, -0.2) is 14.4 Å². The quantitative estimate of drug-likeness (QED) is 0.347. The van der Waals surface area contributed by atoms with E-state index in [2.05, 4.69) is 83.1 Å². The smallest absolute Gasteiger partial charge is 0.496 e. The molecule has 4 rings (SSSR count). The molecule has 1 heterocycles. The Morgan fingerprint density at radius 2 is 1.30 bits per heavy atom. The van der Waals surface area contributed by atoms with Crippen molar-refractivity contribution >= 4 is 25.3 Å². The van der Waals surface area contributed by atoms with Crippen LogP contribution in [0.4, 0.5) is 0 Å². The molecule has 3 aromatic carbocycles. The van der Waals surface area contributed by atoms with Crippen LogP contribution in [0.5, 0.6) is 11.5 Å². The van der Waals surface area contributed by atoms with Gasteiger partial charge >= 0.3 is 8.56 Å². The minimum Gasteiger partial charge on any atom is -0.508 e. The molecular weight excluding hydrogens is 408 g/mol. The van der Waals surface area contributed by atoms with Gasteiger partial charge in [0.05, 0.1) is 0 Å². The maximum Gasteiger partial charge on any atom is 0.496 e. The van der Waals surface area contributed by atoms with Crippen LogP contribution in [0.3, 0.4) is 0 Å². The Bertz CT molecular complexity index is 1020. The molecule has 2 nitrogen and oxygen atoms in total. The number of halogens is 1. The number of alkyl halides is 1. The van der Waals surface area contributed by atoms with E-state index in [-0.39, 0.29) is 5.92 Å². The Labute approximate surface area is 186 Å². The lowest BCUT2D eigenvalue weighted by Crippen LogP contribution is -2.60. The van der Waals surface area contributed by atoms with Gasteiger partial charge in [0.15, 0.2) is 0 Å². The highest BCUT2D eigenvalue weighted by Crippen LogP contribution is 2.44. The van der Waals surface area contributed by atoms with E-state index >= 15 is 0 Å². The molecule has 0 saturated heterocycles. The summed E-state index contributed by atoms with van der Waals surface area (Å²) in [7, 11) is -2.90. The molecule has 0 amide bonds. The maximum absolute atomic E-state index is 6.98. The lowest BCUT2D eigenvalue weighted by molar-refractivity contribution is 0.383. The number of rotatable bonds is 3. The summed E-state index contributed by atoms with van der Waals surface area (Å²) in [6, 6.07) is 20.0. The molecule has 0 aliphatic carbocycles. The first kappa shape index (κ1) is 21.0. The van der Waals surface area contributed by atoms with Gasteiger partial charge in [-0.05, 0) is 38.8 Å². The van der Waals surface area contributed by atoms with Gasteiger partial charge in [-0.2, -0.15) is 0 Å². The lowest BCUT2D eigenvalue weighted by Gasteiger charge is -2.38. The van der Waals surface area contributed by atoms with E-state index in [0.29, 0.717) is 11.9 Å². The third-order valence-electron chi connectivity index (χ3n) is 6.00. The molecule has 0 N–H and O–H groups in total. The Hall–Kier alpha value is -2.23. The highest BCUT2D eigenvalue weighted by atomic mass is 35.5. The van der Waals surface area contributed by atoms with Crippen LogP contribution in [0.25, 0.3) is 0 Å². The Morgan fingerprint density at radius 3 is 1.77 bits per heavy atom. The van der Waals surface area contributed by atoms with Crippen LogP contribution in [0.1, 0.15) is 46.2 Å². The second-order valence-electron chi connectivity index (χ2n) is 8.48. The summed E-state index contributed by atoms with van der Waals surface area (Å²) >= 11 is 6.36. The molecule has 1 aliphatic heterocycles. The number of fused-ring (bicyclic) bond motifs is 2. The standard InChI is InChI=1S/C26H29ClO2Si/c1-17-13-19(3)25-23(15-17)21(5)24-16-18(2)14-20(4)26(24)29-30(28-25,12-11-27)22-9-7-6-8-10-22/h6-10,13-16,21H,11-12H2,1-5H3. The molecule has 0 saturated carbocycles. The molecule has 30 heavy (non-hydrogen) atoms. The van der Waals surface area contributed by atoms with Crippen molar-refractivity contribution in [3.8, 4) is 11.5 Å². The van der Waals surface area contributed by atoms with Crippen LogP contribution in [0.15, 0.2) is 54.6 Å². The van der Waals surface area contributed by atoms with Crippen LogP contribution < -0.4 is 14.0 Å². The molecule has 4 heteroatoms. The summed E-state index contributed by atoms with van der Waals surface area (Å²) < 4.78 is 14.0. The monoisotopic (exact) mass is 436 g/mol. The average Bonchev–Trinajstić information content (AvgIpc) is 2.71. The van der Waals surface area contributed by atoms with Crippen molar-refractivity contribution in [2.24, 2.45) is 0 Å².